The van der Waals surface area contributed by atoms with Crippen LogP contribution in [0.4, 0.5) is 11.5 Å². The molecule has 2 aromatic heterocycles. The van der Waals surface area contributed by atoms with Crippen LogP contribution in [0.15, 0.2) is 48.9 Å². The van der Waals surface area contributed by atoms with Crippen LogP contribution in [0.25, 0.3) is 22.0 Å². The number of halogens is 1. The number of piperidine rings is 1. The van der Waals surface area contributed by atoms with Gasteiger partial charge in [-0.25, -0.2) is 23.4 Å². The summed E-state index contributed by atoms with van der Waals surface area (Å²) in [5.74, 6) is 0.852. The van der Waals surface area contributed by atoms with Gasteiger partial charge in [-0.1, -0.05) is 17.7 Å². The third kappa shape index (κ3) is 5.77. The molecular weight excluding hydrogens is 574 g/mol. The fraction of sp³-hybridized carbons (Fsp3) is 0.333. The largest absolute Gasteiger partial charge is 0.351 e. The summed E-state index contributed by atoms with van der Waals surface area (Å²) in [4.78, 5) is 30.8. The first-order valence-electron chi connectivity index (χ1n) is 13.9. The number of carbonyl (C=O) groups excluding carboxylic acids is 1. The lowest BCUT2D eigenvalue weighted by Gasteiger charge is -2.32. The second-order valence-electron chi connectivity index (χ2n) is 11.1. The summed E-state index contributed by atoms with van der Waals surface area (Å²) in [5.41, 5.74) is 12.6. The van der Waals surface area contributed by atoms with Gasteiger partial charge in [-0.2, -0.15) is 0 Å². The van der Waals surface area contributed by atoms with E-state index in [1.165, 1.54) is 5.56 Å². The Balaban J connectivity index is 1.33. The van der Waals surface area contributed by atoms with Crippen molar-refractivity contribution in [3.63, 3.8) is 0 Å². The molecule has 10 nitrogen and oxygen atoms in total. The average molecular weight is 606 g/mol. The molecule has 0 saturated carbocycles. The Bertz CT molecular complexity index is 1810. The van der Waals surface area contributed by atoms with Gasteiger partial charge in [-0.3, -0.25) is 9.52 Å². The lowest BCUT2D eigenvalue weighted by molar-refractivity contribution is 0.0714. The summed E-state index contributed by atoms with van der Waals surface area (Å²) in [6, 6.07) is 11.9. The molecule has 4 heterocycles. The van der Waals surface area contributed by atoms with E-state index < -0.39 is 10.0 Å². The highest BCUT2D eigenvalue weighted by Gasteiger charge is 2.25. The summed E-state index contributed by atoms with van der Waals surface area (Å²) < 4.78 is 26.1. The Hall–Kier alpha value is -3.80. The van der Waals surface area contributed by atoms with E-state index in [0.717, 1.165) is 65.5 Å². The van der Waals surface area contributed by atoms with E-state index in [0.29, 0.717) is 30.8 Å². The number of likely N-dealkylation sites (tertiary alicyclic amines) is 1. The number of fused-ring (bicyclic) bond motifs is 2. The number of nitrogens with two attached hydrogens (primary N) is 1. The predicted molar refractivity (Wildman–Crippen MR) is 165 cm³/mol. The maximum absolute atomic E-state index is 13.2. The molecule has 1 saturated heterocycles. The van der Waals surface area contributed by atoms with Crippen LogP contribution in [-0.2, 0) is 23.0 Å². The molecule has 0 bridgehead atoms. The molecule has 218 valence electrons. The lowest BCUT2D eigenvalue weighted by atomic mass is 9.95. The van der Waals surface area contributed by atoms with Crippen molar-refractivity contribution in [3.8, 4) is 11.1 Å². The van der Waals surface area contributed by atoms with Crippen molar-refractivity contribution in [2.45, 2.75) is 38.8 Å². The van der Waals surface area contributed by atoms with Crippen LogP contribution >= 0.6 is 11.6 Å². The molecule has 0 unspecified atom stereocenters. The molecule has 6 rings (SSSR count). The van der Waals surface area contributed by atoms with Crippen molar-refractivity contribution in [1.29, 1.82) is 0 Å². The average Bonchev–Trinajstić information content (AvgIpc) is 2.97. The number of carbonyl (C=O) groups is 1. The highest BCUT2D eigenvalue weighted by molar-refractivity contribution is 7.92. The first-order chi connectivity index (χ1) is 20.1. The molecular formula is C30H32ClN7O3S. The third-order valence-corrected chi connectivity index (χ3v) is 8.86. The van der Waals surface area contributed by atoms with Crippen molar-refractivity contribution in [2.75, 3.05) is 35.5 Å². The zero-order valence-electron chi connectivity index (χ0n) is 23.5. The van der Waals surface area contributed by atoms with E-state index in [1.807, 2.05) is 36.1 Å². The topological polar surface area (TPSA) is 134 Å². The molecule has 3 N–H and O–H groups in total. The highest BCUT2D eigenvalue weighted by Crippen LogP contribution is 2.35. The number of nitrogens with zero attached hydrogens (tertiary/aromatic N) is 5. The van der Waals surface area contributed by atoms with Gasteiger partial charge in [0.1, 0.15) is 12.1 Å². The first-order valence-corrected chi connectivity index (χ1v) is 16.1. The minimum Gasteiger partial charge on any atom is -0.351 e. The van der Waals surface area contributed by atoms with Crippen LogP contribution in [0.1, 0.15) is 39.9 Å². The van der Waals surface area contributed by atoms with Gasteiger partial charge in [0.15, 0.2) is 5.15 Å². The molecule has 12 heteroatoms. The van der Waals surface area contributed by atoms with E-state index in [9.17, 15) is 13.2 Å². The van der Waals surface area contributed by atoms with E-state index in [2.05, 4.69) is 25.7 Å². The maximum Gasteiger partial charge on any atom is 0.253 e. The van der Waals surface area contributed by atoms with Gasteiger partial charge in [-0.05, 0) is 78.8 Å². The van der Waals surface area contributed by atoms with Crippen molar-refractivity contribution >= 4 is 49.9 Å². The summed E-state index contributed by atoms with van der Waals surface area (Å²) in [7, 11) is -3.53. The van der Waals surface area contributed by atoms with Crippen LogP contribution in [-0.4, -0.2) is 66.1 Å². The zero-order chi connectivity index (χ0) is 29.6. The zero-order valence-corrected chi connectivity index (χ0v) is 25.0. The summed E-state index contributed by atoms with van der Waals surface area (Å²) in [5, 5.41) is 0.944. The van der Waals surface area contributed by atoms with Gasteiger partial charge < -0.3 is 15.5 Å². The van der Waals surface area contributed by atoms with Crippen LogP contribution in [0.2, 0.25) is 5.15 Å². The van der Waals surface area contributed by atoms with Gasteiger partial charge in [0.25, 0.3) is 5.91 Å². The molecule has 4 aromatic rings. The number of aryl methyl sites for hydroxylation is 1. The van der Waals surface area contributed by atoms with Crippen molar-refractivity contribution < 1.29 is 13.2 Å². The lowest BCUT2D eigenvalue weighted by Crippen LogP contribution is -2.43. The molecule has 42 heavy (non-hydrogen) atoms. The second-order valence-corrected chi connectivity index (χ2v) is 13.2. The van der Waals surface area contributed by atoms with Crippen LogP contribution in [0.3, 0.4) is 0 Å². The molecule has 0 spiro atoms. The predicted octanol–water partition coefficient (Wildman–Crippen LogP) is 4.15. The van der Waals surface area contributed by atoms with Crippen molar-refractivity contribution in [3.05, 3.63) is 76.3 Å². The SMILES string of the molecule is Cc1cc(-c2cnc(Cl)c(NS(C)(=O)=O)c2)cc2c(N3CCc4ccc(C(=O)N5CCC(N)CC5)cc4C3)ncnc12. The molecule has 0 aliphatic carbocycles. The number of amides is 1. The minimum atomic E-state index is -3.53. The Labute approximate surface area is 250 Å². The quantitative estimate of drug-likeness (QED) is 0.324. The fourth-order valence-electron chi connectivity index (χ4n) is 5.78. The standard InChI is InChI=1S/C30H32ClN7O3S/c1-18-11-21(22-14-26(28(31)33-15-22)36-42(2,40)41)13-25-27(18)34-17-35-29(25)38-8-5-19-3-4-20(12-23(19)16-38)30(39)37-9-6-24(32)7-10-37/h3-4,11-15,17,24,36H,5-10,16,32H2,1-2H3. The number of nitrogens with one attached hydrogen (secondary N) is 1. The third-order valence-electron chi connectivity index (χ3n) is 7.97. The van der Waals surface area contributed by atoms with E-state index >= 15 is 0 Å². The van der Waals surface area contributed by atoms with Gasteiger partial charge in [0.2, 0.25) is 10.0 Å². The van der Waals surface area contributed by atoms with E-state index in [1.54, 1.807) is 18.6 Å². The molecule has 2 aliphatic heterocycles. The summed E-state index contributed by atoms with van der Waals surface area (Å²) >= 11 is 6.17. The monoisotopic (exact) mass is 605 g/mol. The molecule has 2 aromatic carbocycles. The van der Waals surface area contributed by atoms with Gasteiger partial charge >= 0.3 is 0 Å². The number of aromatic nitrogens is 3. The second kappa shape index (κ2) is 11.1. The minimum absolute atomic E-state index is 0.0517. The highest BCUT2D eigenvalue weighted by atomic mass is 35.5. The Morgan fingerprint density at radius 1 is 1.02 bits per heavy atom. The maximum atomic E-state index is 13.2. The first kappa shape index (κ1) is 28.3. The summed E-state index contributed by atoms with van der Waals surface area (Å²) in [6.07, 6.45) is 6.75. The number of rotatable bonds is 5. The molecule has 2 aliphatic rings. The number of sulfonamides is 1. The Kier molecular flexibility index (Phi) is 7.50. The van der Waals surface area contributed by atoms with E-state index in [-0.39, 0.29) is 22.8 Å². The molecule has 0 atom stereocenters. The smallest absolute Gasteiger partial charge is 0.253 e. The van der Waals surface area contributed by atoms with Crippen molar-refractivity contribution in [1.82, 2.24) is 19.9 Å². The fourth-order valence-corrected chi connectivity index (χ4v) is 6.55. The van der Waals surface area contributed by atoms with Crippen LogP contribution < -0.4 is 15.4 Å². The van der Waals surface area contributed by atoms with E-state index in [4.69, 9.17) is 22.3 Å². The van der Waals surface area contributed by atoms with Crippen LogP contribution in [0.5, 0.6) is 0 Å². The molecule has 0 radical (unpaired) electrons. The number of anilines is 2. The van der Waals surface area contributed by atoms with Gasteiger partial charge in [0.05, 0.1) is 17.5 Å². The Morgan fingerprint density at radius 2 is 1.81 bits per heavy atom. The van der Waals surface area contributed by atoms with Crippen LogP contribution in [0, 0.1) is 6.92 Å². The number of pyridine rings is 1. The van der Waals surface area contributed by atoms with Gasteiger partial charge in [-0.15, -0.1) is 0 Å². The van der Waals surface area contributed by atoms with Crippen molar-refractivity contribution in [2.24, 2.45) is 5.73 Å². The molecule has 1 amide bonds. The molecule has 1 fully saturated rings. The number of hydrogen-bond acceptors (Lipinski definition) is 8. The number of hydrogen-bond donors (Lipinski definition) is 2. The Morgan fingerprint density at radius 3 is 2.57 bits per heavy atom. The summed E-state index contributed by atoms with van der Waals surface area (Å²) in [6.45, 7) is 4.74. The van der Waals surface area contributed by atoms with Gasteiger partial charge in [0, 0.05) is 54.9 Å². The number of benzene rings is 2. The normalized spacial score (nSPS) is 16.0.